The molecule has 1 unspecified atom stereocenters. The van der Waals surface area contributed by atoms with Crippen molar-refractivity contribution in [2.24, 2.45) is 5.73 Å². The van der Waals surface area contributed by atoms with E-state index in [0.29, 0.717) is 0 Å². The molecule has 3 nitrogen and oxygen atoms in total. The zero-order chi connectivity index (χ0) is 11.5. The number of thiophene rings is 1. The highest BCUT2D eigenvalue weighted by Crippen LogP contribution is 2.26. The van der Waals surface area contributed by atoms with Crippen LogP contribution in [-0.2, 0) is 6.54 Å². The minimum Gasteiger partial charge on any atom is -0.333 e. The first-order valence-corrected chi connectivity index (χ1v) is 6.42. The van der Waals surface area contributed by atoms with E-state index in [1.54, 1.807) is 11.3 Å². The number of imidazole rings is 1. The van der Waals surface area contributed by atoms with Crippen LogP contribution in [0.3, 0.4) is 0 Å². The number of aromatic nitrogens is 2. The Morgan fingerprint density at radius 2 is 2.38 bits per heavy atom. The lowest BCUT2D eigenvalue weighted by molar-refractivity contribution is 0.615. The van der Waals surface area contributed by atoms with Crippen LogP contribution in [0.5, 0.6) is 0 Å². The monoisotopic (exact) mass is 235 g/mol. The second kappa shape index (κ2) is 4.80. The molecule has 2 rings (SSSR count). The van der Waals surface area contributed by atoms with Gasteiger partial charge in [-0.2, -0.15) is 0 Å². The smallest absolute Gasteiger partial charge is 0.131 e. The molecule has 0 bridgehead atoms. The quantitative estimate of drug-likeness (QED) is 0.885. The topological polar surface area (TPSA) is 43.8 Å². The number of aryl methyl sites for hydroxylation is 2. The Balaban J connectivity index is 2.30. The Labute approximate surface area is 99.9 Å². The number of nitrogens with two attached hydrogens (primary N) is 1. The fourth-order valence-corrected chi connectivity index (χ4v) is 2.77. The van der Waals surface area contributed by atoms with Crippen molar-refractivity contribution in [2.75, 3.05) is 0 Å². The molecule has 0 spiro atoms. The van der Waals surface area contributed by atoms with Gasteiger partial charge in [-0.1, -0.05) is 6.92 Å². The van der Waals surface area contributed by atoms with Gasteiger partial charge < -0.3 is 10.3 Å². The third-order valence-corrected chi connectivity index (χ3v) is 3.78. The summed E-state index contributed by atoms with van der Waals surface area (Å²) in [5, 5.41) is 2.08. The van der Waals surface area contributed by atoms with Gasteiger partial charge in [-0.05, 0) is 30.4 Å². The van der Waals surface area contributed by atoms with Gasteiger partial charge in [0.05, 0.1) is 6.04 Å². The molecule has 0 fully saturated rings. The van der Waals surface area contributed by atoms with Gasteiger partial charge in [-0.3, -0.25) is 0 Å². The maximum absolute atomic E-state index is 6.26. The van der Waals surface area contributed by atoms with Gasteiger partial charge in [-0.25, -0.2) is 4.98 Å². The predicted octanol–water partition coefficient (Wildman–Crippen LogP) is 2.71. The van der Waals surface area contributed by atoms with Gasteiger partial charge in [0.25, 0.3) is 0 Å². The molecule has 0 radical (unpaired) electrons. The highest BCUT2D eigenvalue weighted by molar-refractivity contribution is 7.10. The lowest BCUT2D eigenvalue weighted by Crippen LogP contribution is -2.17. The molecule has 2 N–H and O–H groups in total. The minimum atomic E-state index is -0.0958. The van der Waals surface area contributed by atoms with Crippen LogP contribution in [0.15, 0.2) is 23.8 Å². The summed E-state index contributed by atoms with van der Waals surface area (Å²) in [6.07, 6.45) is 4.93. The van der Waals surface area contributed by atoms with Gasteiger partial charge in [0.2, 0.25) is 0 Å². The molecule has 2 aromatic rings. The van der Waals surface area contributed by atoms with Crippen molar-refractivity contribution < 1.29 is 0 Å². The Kier molecular flexibility index (Phi) is 3.41. The van der Waals surface area contributed by atoms with Gasteiger partial charge >= 0.3 is 0 Å². The maximum atomic E-state index is 6.26. The molecule has 0 aliphatic rings. The van der Waals surface area contributed by atoms with E-state index in [1.165, 1.54) is 10.4 Å². The molecule has 0 aromatic carbocycles. The second-order valence-corrected chi connectivity index (χ2v) is 4.87. The molecule has 0 saturated carbocycles. The molecule has 4 heteroatoms. The Bertz CT molecular complexity index is 458. The molecule has 16 heavy (non-hydrogen) atoms. The Hall–Kier alpha value is -1.13. The lowest BCUT2D eigenvalue weighted by Gasteiger charge is -2.13. The van der Waals surface area contributed by atoms with Crippen molar-refractivity contribution in [2.45, 2.75) is 32.9 Å². The van der Waals surface area contributed by atoms with Crippen molar-refractivity contribution in [3.8, 4) is 0 Å². The molecule has 0 saturated heterocycles. The van der Waals surface area contributed by atoms with Crippen LogP contribution in [0.2, 0.25) is 0 Å². The van der Waals surface area contributed by atoms with Crippen LogP contribution < -0.4 is 5.73 Å². The van der Waals surface area contributed by atoms with Crippen molar-refractivity contribution in [1.29, 1.82) is 0 Å². The van der Waals surface area contributed by atoms with E-state index in [0.717, 1.165) is 18.8 Å². The highest BCUT2D eigenvalue weighted by atomic mass is 32.1. The summed E-state index contributed by atoms with van der Waals surface area (Å²) in [7, 11) is 0. The zero-order valence-corrected chi connectivity index (χ0v) is 10.5. The predicted molar refractivity (Wildman–Crippen MR) is 67.6 cm³/mol. The maximum Gasteiger partial charge on any atom is 0.131 e. The van der Waals surface area contributed by atoms with E-state index in [2.05, 4.69) is 34.8 Å². The van der Waals surface area contributed by atoms with Crippen molar-refractivity contribution >= 4 is 11.3 Å². The number of hydrogen-bond acceptors (Lipinski definition) is 3. The van der Waals surface area contributed by atoms with E-state index in [4.69, 9.17) is 5.73 Å². The summed E-state index contributed by atoms with van der Waals surface area (Å²) in [6, 6.07) is 2.01. The average molecular weight is 235 g/mol. The molecular formula is C12H17N3S. The van der Waals surface area contributed by atoms with E-state index in [9.17, 15) is 0 Å². The average Bonchev–Trinajstić information content (AvgIpc) is 2.87. The summed E-state index contributed by atoms with van der Waals surface area (Å²) in [6.45, 7) is 5.23. The van der Waals surface area contributed by atoms with Crippen molar-refractivity contribution in [3.05, 3.63) is 40.1 Å². The van der Waals surface area contributed by atoms with Crippen LogP contribution in [-0.4, -0.2) is 9.55 Å². The molecule has 1 atom stereocenters. The minimum absolute atomic E-state index is 0.0958. The number of hydrogen-bond donors (Lipinski definition) is 1. The third-order valence-electron chi connectivity index (χ3n) is 2.67. The highest BCUT2D eigenvalue weighted by Gasteiger charge is 2.17. The summed E-state index contributed by atoms with van der Waals surface area (Å²) in [5.74, 6) is 0.965. The normalized spacial score (nSPS) is 12.9. The lowest BCUT2D eigenvalue weighted by atomic mass is 10.1. The first-order chi connectivity index (χ1) is 7.74. The standard InChI is InChI=1S/C12H17N3S/c1-3-6-15-7-5-14-12(15)10(13)11-9(2)4-8-16-11/h4-5,7-8,10H,3,6,13H2,1-2H3. The van der Waals surface area contributed by atoms with Crippen LogP contribution >= 0.6 is 11.3 Å². The summed E-state index contributed by atoms with van der Waals surface area (Å²) in [5.41, 5.74) is 7.52. The summed E-state index contributed by atoms with van der Waals surface area (Å²) in [4.78, 5) is 5.59. The zero-order valence-electron chi connectivity index (χ0n) is 9.68. The van der Waals surface area contributed by atoms with E-state index in [1.807, 2.05) is 12.4 Å². The molecule has 86 valence electrons. The van der Waals surface area contributed by atoms with Crippen LogP contribution in [0.25, 0.3) is 0 Å². The van der Waals surface area contributed by atoms with Gasteiger partial charge in [0.1, 0.15) is 5.82 Å². The fraction of sp³-hybridized carbons (Fsp3) is 0.417. The van der Waals surface area contributed by atoms with Gasteiger partial charge in [-0.15, -0.1) is 11.3 Å². The third kappa shape index (κ3) is 2.03. The van der Waals surface area contributed by atoms with Gasteiger partial charge in [0.15, 0.2) is 0 Å². The molecule has 2 heterocycles. The first kappa shape index (κ1) is 11.4. The molecule has 0 aliphatic heterocycles. The molecular weight excluding hydrogens is 218 g/mol. The molecule has 2 aromatic heterocycles. The number of nitrogens with zero attached hydrogens (tertiary/aromatic N) is 2. The van der Waals surface area contributed by atoms with Crippen LogP contribution in [0.4, 0.5) is 0 Å². The SMILES string of the molecule is CCCn1ccnc1C(N)c1sccc1C. The first-order valence-electron chi connectivity index (χ1n) is 5.54. The second-order valence-electron chi connectivity index (χ2n) is 3.92. The van der Waals surface area contributed by atoms with Crippen molar-refractivity contribution in [3.63, 3.8) is 0 Å². The Morgan fingerprint density at radius 3 is 3.00 bits per heavy atom. The largest absolute Gasteiger partial charge is 0.333 e. The molecule has 0 amide bonds. The summed E-state index contributed by atoms with van der Waals surface area (Å²) < 4.78 is 2.14. The fourth-order valence-electron chi connectivity index (χ4n) is 1.85. The van der Waals surface area contributed by atoms with Crippen LogP contribution in [0, 0.1) is 6.92 Å². The number of rotatable bonds is 4. The van der Waals surface area contributed by atoms with Crippen molar-refractivity contribution in [1.82, 2.24) is 9.55 Å². The molecule has 0 aliphatic carbocycles. The Morgan fingerprint density at radius 1 is 1.56 bits per heavy atom. The van der Waals surface area contributed by atoms with E-state index in [-0.39, 0.29) is 6.04 Å². The summed E-state index contributed by atoms with van der Waals surface area (Å²) >= 11 is 1.70. The van der Waals surface area contributed by atoms with E-state index < -0.39 is 0 Å². The van der Waals surface area contributed by atoms with Crippen LogP contribution in [0.1, 0.15) is 35.7 Å². The van der Waals surface area contributed by atoms with E-state index >= 15 is 0 Å². The van der Waals surface area contributed by atoms with Gasteiger partial charge in [0, 0.05) is 23.8 Å².